The Labute approximate surface area is 135 Å². The fraction of sp³-hybridized carbons (Fsp3) is 0.615. The molecule has 0 radical (unpaired) electrons. The lowest BCUT2D eigenvalue weighted by Crippen LogP contribution is -2.40. The van der Waals surface area contributed by atoms with Gasteiger partial charge in [0.1, 0.15) is 19.1 Å². The van der Waals surface area contributed by atoms with Gasteiger partial charge in [-0.1, -0.05) is 0 Å². The Kier molecular flexibility index (Phi) is 5.83. The molecule has 0 bridgehead atoms. The third kappa shape index (κ3) is 4.26. The van der Waals surface area contributed by atoms with Crippen molar-refractivity contribution in [1.29, 1.82) is 0 Å². The molecule has 0 unspecified atom stereocenters. The number of nitrogens with two attached hydrogens (primary N) is 1. The number of carbonyl (C=O) groups is 1. The van der Waals surface area contributed by atoms with E-state index in [0.717, 1.165) is 10.8 Å². The maximum Gasteiger partial charge on any atom is 0.330 e. The maximum atomic E-state index is 13.3. The summed E-state index contributed by atoms with van der Waals surface area (Å²) in [5.74, 6) is -1.53. The van der Waals surface area contributed by atoms with E-state index >= 15 is 0 Å². The first-order chi connectivity index (χ1) is 11.3. The van der Waals surface area contributed by atoms with Gasteiger partial charge in [-0.3, -0.25) is 19.1 Å². The number of hydrogen-bond acceptors (Lipinski definition) is 7. The van der Waals surface area contributed by atoms with Crippen molar-refractivity contribution in [3.05, 3.63) is 32.9 Å². The van der Waals surface area contributed by atoms with Crippen LogP contribution in [0.15, 0.2) is 15.8 Å². The first kappa shape index (κ1) is 18.3. The number of aromatic nitrogens is 2. The highest BCUT2D eigenvalue weighted by Gasteiger charge is 2.35. The third-order valence-corrected chi connectivity index (χ3v) is 3.48. The molecule has 10 nitrogen and oxygen atoms in total. The van der Waals surface area contributed by atoms with Gasteiger partial charge in [-0.2, -0.15) is 4.39 Å². The fourth-order valence-corrected chi connectivity index (χ4v) is 2.17. The van der Waals surface area contributed by atoms with Gasteiger partial charge in [0.25, 0.3) is 5.56 Å². The lowest BCUT2D eigenvalue weighted by atomic mass is 10.2. The Bertz CT molecular complexity index is 702. The Balaban J connectivity index is 1.91. The minimum Gasteiger partial charge on any atom is -0.390 e. The molecular formula is C13H19FN4O6. The SMILES string of the molecule is C[C@H](N)C(=O)NCOC[C@H]1O[C@@H](n2cc(F)c(=O)[nH]c2=O)C[C@@H]1O. The summed E-state index contributed by atoms with van der Waals surface area (Å²) in [6.45, 7) is 1.34. The molecule has 1 aliphatic heterocycles. The van der Waals surface area contributed by atoms with Crippen LogP contribution in [0.3, 0.4) is 0 Å². The van der Waals surface area contributed by atoms with E-state index in [1.54, 1.807) is 0 Å². The number of H-pyrrole nitrogens is 1. The van der Waals surface area contributed by atoms with Crippen LogP contribution in [0.1, 0.15) is 19.6 Å². The van der Waals surface area contributed by atoms with Crippen LogP contribution in [-0.4, -0.2) is 52.2 Å². The Hall–Kier alpha value is -2.08. The number of amides is 1. The number of ether oxygens (including phenoxy) is 2. The summed E-state index contributed by atoms with van der Waals surface area (Å²) in [7, 11) is 0. The molecule has 0 spiro atoms. The van der Waals surface area contributed by atoms with Gasteiger partial charge in [-0.15, -0.1) is 0 Å². The van der Waals surface area contributed by atoms with Gasteiger partial charge < -0.3 is 25.6 Å². The summed E-state index contributed by atoms with van der Waals surface area (Å²) < 4.78 is 24.8. The Morgan fingerprint density at radius 1 is 1.67 bits per heavy atom. The molecule has 1 amide bonds. The molecule has 0 aromatic carbocycles. The molecule has 2 rings (SSSR count). The van der Waals surface area contributed by atoms with Crippen LogP contribution in [0.25, 0.3) is 0 Å². The van der Waals surface area contributed by atoms with Crippen molar-refractivity contribution in [2.45, 2.75) is 37.8 Å². The van der Waals surface area contributed by atoms with Crippen LogP contribution in [0.2, 0.25) is 0 Å². The zero-order chi connectivity index (χ0) is 17.9. The number of nitrogens with zero attached hydrogens (tertiary/aromatic N) is 1. The second-order valence-electron chi connectivity index (χ2n) is 5.42. The lowest BCUT2D eigenvalue weighted by Gasteiger charge is -2.16. The summed E-state index contributed by atoms with van der Waals surface area (Å²) in [5, 5.41) is 12.4. The van der Waals surface area contributed by atoms with Crippen LogP contribution in [0.4, 0.5) is 4.39 Å². The second-order valence-corrected chi connectivity index (χ2v) is 5.42. The number of carbonyl (C=O) groups excluding carboxylic acids is 1. The molecule has 4 atom stereocenters. The van der Waals surface area contributed by atoms with E-state index in [0.29, 0.717) is 0 Å². The van der Waals surface area contributed by atoms with Crippen molar-refractivity contribution in [3.63, 3.8) is 0 Å². The predicted octanol–water partition coefficient (Wildman–Crippen LogP) is -2.24. The average molecular weight is 346 g/mol. The topological polar surface area (TPSA) is 149 Å². The van der Waals surface area contributed by atoms with Crippen LogP contribution >= 0.6 is 0 Å². The Morgan fingerprint density at radius 3 is 3.04 bits per heavy atom. The van der Waals surface area contributed by atoms with Crippen LogP contribution in [-0.2, 0) is 14.3 Å². The van der Waals surface area contributed by atoms with E-state index in [-0.39, 0.29) is 19.8 Å². The number of aliphatic hydroxyl groups is 1. The fourth-order valence-electron chi connectivity index (χ4n) is 2.17. The van der Waals surface area contributed by atoms with Gasteiger partial charge in [0.05, 0.1) is 24.9 Å². The van der Waals surface area contributed by atoms with E-state index < -0.39 is 47.5 Å². The highest BCUT2D eigenvalue weighted by molar-refractivity contribution is 5.80. The molecule has 2 heterocycles. The first-order valence-electron chi connectivity index (χ1n) is 7.25. The quantitative estimate of drug-likeness (QED) is 0.336. The standard InChI is InChI=1S/C13H19FN4O6/c1-6(15)11(20)16-5-23-4-9-8(19)2-10(24-9)18-3-7(14)12(21)17-13(18)22/h3,6,8-10,19H,2,4-5,15H2,1H3,(H,16,20)(H,17,21,22)/t6-,8-,9+,10+/m0/s1. The molecule has 5 N–H and O–H groups in total. The molecule has 24 heavy (non-hydrogen) atoms. The van der Waals surface area contributed by atoms with E-state index in [9.17, 15) is 23.9 Å². The summed E-state index contributed by atoms with van der Waals surface area (Å²) >= 11 is 0. The number of aliphatic hydroxyl groups excluding tert-OH is 1. The van der Waals surface area contributed by atoms with Gasteiger partial charge in [0, 0.05) is 6.42 Å². The van der Waals surface area contributed by atoms with E-state index in [1.807, 2.05) is 4.98 Å². The molecule has 0 aliphatic carbocycles. The molecular weight excluding hydrogens is 327 g/mol. The number of rotatable bonds is 6. The zero-order valence-electron chi connectivity index (χ0n) is 12.9. The van der Waals surface area contributed by atoms with Crippen molar-refractivity contribution in [1.82, 2.24) is 14.9 Å². The van der Waals surface area contributed by atoms with Gasteiger partial charge in [0.2, 0.25) is 11.7 Å². The van der Waals surface area contributed by atoms with Crippen LogP contribution in [0.5, 0.6) is 0 Å². The molecule has 1 saturated heterocycles. The number of hydrogen-bond donors (Lipinski definition) is 4. The summed E-state index contributed by atoms with van der Waals surface area (Å²) in [6, 6.07) is -0.673. The van der Waals surface area contributed by atoms with Gasteiger partial charge in [-0.05, 0) is 6.92 Å². The first-order valence-corrected chi connectivity index (χ1v) is 7.25. The largest absolute Gasteiger partial charge is 0.390 e. The van der Waals surface area contributed by atoms with Crippen molar-refractivity contribution < 1.29 is 23.8 Å². The zero-order valence-corrected chi connectivity index (χ0v) is 12.9. The highest BCUT2D eigenvalue weighted by Crippen LogP contribution is 2.27. The van der Waals surface area contributed by atoms with Gasteiger partial charge >= 0.3 is 5.69 Å². The molecule has 134 valence electrons. The highest BCUT2D eigenvalue weighted by atomic mass is 19.1. The molecule has 0 saturated carbocycles. The number of nitrogens with one attached hydrogen (secondary N) is 2. The molecule has 1 aliphatic rings. The van der Waals surface area contributed by atoms with Gasteiger partial charge in [-0.25, -0.2) is 4.79 Å². The average Bonchev–Trinajstić information content (AvgIpc) is 2.88. The van der Waals surface area contributed by atoms with Crippen molar-refractivity contribution in [2.24, 2.45) is 5.73 Å². The van der Waals surface area contributed by atoms with E-state index in [1.165, 1.54) is 6.92 Å². The van der Waals surface area contributed by atoms with E-state index in [4.69, 9.17) is 15.2 Å². The van der Waals surface area contributed by atoms with E-state index in [2.05, 4.69) is 5.32 Å². The summed E-state index contributed by atoms with van der Waals surface area (Å²) in [5.41, 5.74) is 3.39. The van der Waals surface area contributed by atoms with Crippen molar-refractivity contribution in [3.8, 4) is 0 Å². The van der Waals surface area contributed by atoms with Crippen molar-refractivity contribution >= 4 is 5.91 Å². The molecule has 1 aromatic heterocycles. The number of halogens is 1. The smallest absolute Gasteiger partial charge is 0.330 e. The van der Waals surface area contributed by atoms with Crippen molar-refractivity contribution in [2.75, 3.05) is 13.3 Å². The third-order valence-electron chi connectivity index (χ3n) is 3.48. The van der Waals surface area contributed by atoms with Gasteiger partial charge in [0.15, 0.2) is 0 Å². The normalized spacial score (nSPS) is 24.8. The number of aromatic amines is 1. The molecule has 11 heteroatoms. The minimum atomic E-state index is -1.13. The second kappa shape index (κ2) is 7.66. The lowest BCUT2D eigenvalue weighted by molar-refractivity contribution is -0.124. The minimum absolute atomic E-state index is 0.0195. The monoisotopic (exact) mass is 346 g/mol. The summed E-state index contributed by atoms with van der Waals surface area (Å²) in [6.07, 6.45) is -1.92. The van der Waals surface area contributed by atoms with Crippen LogP contribution in [0, 0.1) is 5.82 Å². The molecule has 1 aromatic rings. The Morgan fingerprint density at radius 2 is 2.38 bits per heavy atom. The molecule has 1 fully saturated rings. The van der Waals surface area contributed by atoms with Crippen LogP contribution < -0.4 is 22.3 Å². The summed E-state index contributed by atoms with van der Waals surface area (Å²) in [4.78, 5) is 35.7. The maximum absolute atomic E-state index is 13.3. The predicted molar refractivity (Wildman–Crippen MR) is 78.4 cm³/mol.